The van der Waals surface area contributed by atoms with E-state index in [4.69, 9.17) is 9.47 Å². The molecule has 1 rings (SSSR count). The number of hydrogen-bond donors (Lipinski definition) is 0. The predicted octanol–water partition coefficient (Wildman–Crippen LogP) is 2.27. The molecule has 4 heteroatoms. The van der Waals surface area contributed by atoms with Crippen LogP contribution in [-0.4, -0.2) is 26.3 Å². The molecule has 0 N–H and O–H groups in total. The molecule has 0 fully saturated rings. The lowest BCUT2D eigenvalue weighted by atomic mass is 10.2. The minimum Gasteiger partial charge on any atom is -0.490 e. The van der Waals surface area contributed by atoms with Crippen LogP contribution in [0, 0.1) is 0 Å². The van der Waals surface area contributed by atoms with E-state index < -0.39 is 5.97 Å². The van der Waals surface area contributed by atoms with Gasteiger partial charge in [0.2, 0.25) is 0 Å². The normalized spacial score (nSPS) is 9.69. The molecular formula is C12H16O4. The van der Waals surface area contributed by atoms with Crippen molar-refractivity contribution in [1.29, 1.82) is 0 Å². The molecule has 0 heterocycles. The van der Waals surface area contributed by atoms with E-state index in [0.717, 1.165) is 0 Å². The molecule has 0 saturated carbocycles. The number of benzene rings is 1. The van der Waals surface area contributed by atoms with Crippen LogP contribution in [0.1, 0.15) is 24.2 Å². The van der Waals surface area contributed by atoms with Crippen LogP contribution in [-0.2, 0) is 4.74 Å². The maximum atomic E-state index is 11.5. The quantitative estimate of drug-likeness (QED) is 0.720. The SMILES string of the molecule is CCOc1cccc(C(=O)OC)c1OCC. The predicted molar refractivity (Wildman–Crippen MR) is 60.1 cm³/mol. The first kappa shape index (κ1) is 12.4. The molecule has 0 atom stereocenters. The lowest BCUT2D eigenvalue weighted by molar-refractivity contribution is 0.0595. The molecule has 0 saturated heterocycles. The van der Waals surface area contributed by atoms with Crippen molar-refractivity contribution in [2.45, 2.75) is 13.8 Å². The Labute approximate surface area is 95.1 Å². The molecule has 0 spiro atoms. The van der Waals surface area contributed by atoms with Crippen molar-refractivity contribution < 1.29 is 19.0 Å². The Kier molecular flexibility index (Phi) is 4.64. The molecule has 0 radical (unpaired) electrons. The maximum Gasteiger partial charge on any atom is 0.341 e. The first-order valence-corrected chi connectivity index (χ1v) is 5.21. The van der Waals surface area contributed by atoms with Crippen molar-refractivity contribution in [1.82, 2.24) is 0 Å². The van der Waals surface area contributed by atoms with Gasteiger partial charge in [-0.15, -0.1) is 0 Å². The lowest BCUT2D eigenvalue weighted by Crippen LogP contribution is -2.07. The van der Waals surface area contributed by atoms with Crippen LogP contribution in [0.25, 0.3) is 0 Å². The van der Waals surface area contributed by atoms with Gasteiger partial charge in [0.05, 0.1) is 20.3 Å². The third-order valence-electron chi connectivity index (χ3n) is 1.97. The number of ether oxygens (including phenoxy) is 3. The standard InChI is InChI=1S/C12H16O4/c1-4-15-10-8-6-7-9(12(13)14-3)11(10)16-5-2/h6-8H,4-5H2,1-3H3. The monoisotopic (exact) mass is 224 g/mol. The molecule has 1 aromatic carbocycles. The highest BCUT2D eigenvalue weighted by Gasteiger charge is 2.17. The van der Waals surface area contributed by atoms with Crippen molar-refractivity contribution in [2.24, 2.45) is 0 Å². The molecule has 0 amide bonds. The Bertz CT molecular complexity index is 360. The van der Waals surface area contributed by atoms with Gasteiger partial charge in [-0.2, -0.15) is 0 Å². The van der Waals surface area contributed by atoms with E-state index in [0.29, 0.717) is 30.3 Å². The summed E-state index contributed by atoms with van der Waals surface area (Å²) in [5, 5.41) is 0. The van der Waals surface area contributed by atoms with Crippen LogP contribution in [0.15, 0.2) is 18.2 Å². The number of methoxy groups -OCH3 is 1. The molecule has 88 valence electrons. The maximum absolute atomic E-state index is 11.5. The van der Waals surface area contributed by atoms with Gasteiger partial charge in [0.1, 0.15) is 5.56 Å². The van der Waals surface area contributed by atoms with E-state index in [1.807, 2.05) is 13.8 Å². The average Bonchev–Trinajstić information content (AvgIpc) is 2.31. The Balaban J connectivity index is 3.15. The lowest BCUT2D eigenvalue weighted by Gasteiger charge is -2.13. The summed E-state index contributed by atoms with van der Waals surface area (Å²) in [4.78, 5) is 11.5. The summed E-state index contributed by atoms with van der Waals surface area (Å²) in [5.41, 5.74) is 0.385. The molecule has 1 aromatic rings. The highest BCUT2D eigenvalue weighted by Crippen LogP contribution is 2.31. The summed E-state index contributed by atoms with van der Waals surface area (Å²) in [6.07, 6.45) is 0. The molecular weight excluding hydrogens is 208 g/mol. The smallest absolute Gasteiger partial charge is 0.341 e. The molecule has 4 nitrogen and oxygen atoms in total. The first-order valence-electron chi connectivity index (χ1n) is 5.21. The zero-order valence-electron chi connectivity index (χ0n) is 9.78. The fourth-order valence-corrected chi connectivity index (χ4v) is 1.35. The number of para-hydroxylation sites is 1. The van der Waals surface area contributed by atoms with Crippen LogP contribution in [0.2, 0.25) is 0 Å². The van der Waals surface area contributed by atoms with Gasteiger partial charge in [0.25, 0.3) is 0 Å². The topological polar surface area (TPSA) is 44.8 Å². The number of carbonyl (C=O) groups excluding carboxylic acids is 1. The second-order valence-corrected chi connectivity index (χ2v) is 2.99. The van der Waals surface area contributed by atoms with Crippen molar-refractivity contribution >= 4 is 5.97 Å². The van der Waals surface area contributed by atoms with Gasteiger partial charge >= 0.3 is 5.97 Å². The van der Waals surface area contributed by atoms with Crippen molar-refractivity contribution in [3.63, 3.8) is 0 Å². The van der Waals surface area contributed by atoms with Gasteiger partial charge in [0.15, 0.2) is 11.5 Å². The largest absolute Gasteiger partial charge is 0.490 e. The molecule has 0 aliphatic carbocycles. The molecule has 0 aliphatic rings. The van der Waals surface area contributed by atoms with Gasteiger partial charge in [0, 0.05) is 0 Å². The number of carbonyl (C=O) groups is 1. The van der Waals surface area contributed by atoms with Gasteiger partial charge in [-0.1, -0.05) is 6.07 Å². The number of hydrogen-bond acceptors (Lipinski definition) is 4. The third kappa shape index (κ3) is 2.66. The summed E-state index contributed by atoms with van der Waals surface area (Å²) in [6.45, 7) is 4.71. The zero-order chi connectivity index (χ0) is 12.0. The van der Waals surface area contributed by atoms with E-state index in [9.17, 15) is 4.79 Å². The van der Waals surface area contributed by atoms with E-state index in [-0.39, 0.29) is 0 Å². The number of rotatable bonds is 5. The average molecular weight is 224 g/mol. The Morgan fingerprint density at radius 2 is 1.88 bits per heavy atom. The summed E-state index contributed by atoms with van der Waals surface area (Å²) in [7, 11) is 1.34. The number of esters is 1. The van der Waals surface area contributed by atoms with Gasteiger partial charge in [-0.25, -0.2) is 4.79 Å². The molecule has 0 aromatic heterocycles. The summed E-state index contributed by atoms with van der Waals surface area (Å²) < 4.78 is 15.5. The zero-order valence-corrected chi connectivity index (χ0v) is 9.78. The van der Waals surface area contributed by atoms with Gasteiger partial charge in [-0.3, -0.25) is 0 Å². The Hall–Kier alpha value is -1.71. The van der Waals surface area contributed by atoms with E-state index in [1.165, 1.54) is 7.11 Å². The second kappa shape index (κ2) is 6.00. The summed E-state index contributed by atoms with van der Waals surface area (Å²) in [6, 6.07) is 5.15. The Morgan fingerprint density at radius 3 is 2.44 bits per heavy atom. The van der Waals surface area contributed by atoms with Crippen molar-refractivity contribution in [3.8, 4) is 11.5 Å². The highest BCUT2D eigenvalue weighted by molar-refractivity contribution is 5.93. The first-order chi connectivity index (χ1) is 7.74. The van der Waals surface area contributed by atoms with Crippen LogP contribution in [0.5, 0.6) is 11.5 Å². The summed E-state index contributed by atoms with van der Waals surface area (Å²) in [5.74, 6) is 0.580. The second-order valence-electron chi connectivity index (χ2n) is 2.99. The molecule has 0 aliphatic heterocycles. The van der Waals surface area contributed by atoms with Crippen LogP contribution in [0.3, 0.4) is 0 Å². The van der Waals surface area contributed by atoms with Crippen LogP contribution < -0.4 is 9.47 Å². The van der Waals surface area contributed by atoms with E-state index in [1.54, 1.807) is 18.2 Å². The fraction of sp³-hybridized carbons (Fsp3) is 0.417. The van der Waals surface area contributed by atoms with Crippen molar-refractivity contribution in [3.05, 3.63) is 23.8 Å². The van der Waals surface area contributed by atoms with E-state index in [2.05, 4.69) is 4.74 Å². The van der Waals surface area contributed by atoms with Crippen molar-refractivity contribution in [2.75, 3.05) is 20.3 Å². The van der Waals surface area contributed by atoms with Gasteiger partial charge in [-0.05, 0) is 26.0 Å². The minimum absolute atomic E-state index is 0.385. The molecule has 16 heavy (non-hydrogen) atoms. The minimum atomic E-state index is -0.426. The Morgan fingerprint density at radius 1 is 1.19 bits per heavy atom. The van der Waals surface area contributed by atoms with Gasteiger partial charge < -0.3 is 14.2 Å². The summed E-state index contributed by atoms with van der Waals surface area (Å²) >= 11 is 0. The molecule has 0 bridgehead atoms. The third-order valence-corrected chi connectivity index (χ3v) is 1.97. The van der Waals surface area contributed by atoms with E-state index >= 15 is 0 Å². The fourth-order valence-electron chi connectivity index (χ4n) is 1.35. The highest BCUT2D eigenvalue weighted by atomic mass is 16.5. The van der Waals surface area contributed by atoms with Crippen LogP contribution in [0.4, 0.5) is 0 Å². The molecule has 0 unspecified atom stereocenters. The van der Waals surface area contributed by atoms with Crippen LogP contribution >= 0.6 is 0 Å².